The second-order valence-electron chi connectivity index (χ2n) is 4.20. The number of pyridine rings is 1. The van der Waals surface area contributed by atoms with E-state index in [9.17, 15) is 0 Å². The number of halogens is 1. The molecule has 2 heterocycles. The van der Waals surface area contributed by atoms with Gasteiger partial charge in [0.15, 0.2) is 0 Å². The maximum Gasteiger partial charge on any atom is 0.0410 e. The van der Waals surface area contributed by atoms with Crippen LogP contribution in [-0.4, -0.2) is 23.0 Å². The molecule has 1 aliphatic heterocycles. The van der Waals surface area contributed by atoms with E-state index < -0.39 is 0 Å². The number of thioether (sulfide) groups is 1. The molecule has 0 amide bonds. The molecular weight excluding hydrogens is 284 g/mol. The highest BCUT2D eigenvalue weighted by atomic mass is 79.9. The van der Waals surface area contributed by atoms with Gasteiger partial charge in [-0.2, -0.15) is 11.8 Å². The molecule has 0 aliphatic carbocycles. The number of rotatable bonds is 4. The summed E-state index contributed by atoms with van der Waals surface area (Å²) in [5, 5.41) is 3.53. The summed E-state index contributed by atoms with van der Waals surface area (Å²) < 4.78 is 1.06. The lowest BCUT2D eigenvalue weighted by atomic mass is 10.0. The van der Waals surface area contributed by atoms with Gasteiger partial charge >= 0.3 is 0 Å². The van der Waals surface area contributed by atoms with Crippen LogP contribution in [0.5, 0.6) is 0 Å². The van der Waals surface area contributed by atoms with Crippen LogP contribution in [0.4, 0.5) is 0 Å². The molecule has 16 heavy (non-hydrogen) atoms. The van der Waals surface area contributed by atoms with Gasteiger partial charge in [0.2, 0.25) is 0 Å². The molecule has 0 aromatic carbocycles. The molecule has 1 aromatic rings. The zero-order valence-electron chi connectivity index (χ0n) is 9.29. The number of hydrogen-bond donors (Lipinski definition) is 1. The van der Waals surface area contributed by atoms with Crippen molar-refractivity contribution in [3.8, 4) is 0 Å². The van der Waals surface area contributed by atoms with Gasteiger partial charge in [-0.15, -0.1) is 0 Å². The Hall–Kier alpha value is -0.0600. The van der Waals surface area contributed by atoms with Crippen molar-refractivity contribution in [1.29, 1.82) is 0 Å². The Morgan fingerprint density at radius 2 is 2.19 bits per heavy atom. The van der Waals surface area contributed by atoms with Crippen LogP contribution in [0.1, 0.15) is 18.4 Å². The normalized spacial score (nSPS) is 17.6. The molecule has 0 bridgehead atoms. The summed E-state index contributed by atoms with van der Waals surface area (Å²) in [5.41, 5.74) is 1.25. The number of nitrogens with zero attached hydrogens (tertiary/aromatic N) is 1. The minimum absolute atomic E-state index is 0.876. The zero-order chi connectivity index (χ0) is 11.2. The lowest BCUT2D eigenvalue weighted by Crippen LogP contribution is -2.25. The second kappa shape index (κ2) is 6.62. The quantitative estimate of drug-likeness (QED) is 0.925. The van der Waals surface area contributed by atoms with Gasteiger partial charge in [-0.1, -0.05) is 0 Å². The van der Waals surface area contributed by atoms with Crippen molar-refractivity contribution in [1.82, 2.24) is 10.3 Å². The van der Waals surface area contributed by atoms with E-state index in [2.05, 4.69) is 44.1 Å². The average Bonchev–Trinajstić information content (AvgIpc) is 2.30. The molecule has 1 aromatic heterocycles. The van der Waals surface area contributed by atoms with Gasteiger partial charge in [-0.3, -0.25) is 4.98 Å². The Kier molecular flexibility index (Phi) is 5.13. The molecule has 2 nitrogen and oxygen atoms in total. The molecule has 1 aliphatic rings. The van der Waals surface area contributed by atoms with Crippen molar-refractivity contribution in [3.63, 3.8) is 0 Å². The molecule has 1 N–H and O–H groups in total. The highest BCUT2D eigenvalue weighted by Crippen LogP contribution is 2.21. The van der Waals surface area contributed by atoms with Crippen molar-refractivity contribution in [2.45, 2.75) is 19.4 Å². The van der Waals surface area contributed by atoms with Crippen LogP contribution in [-0.2, 0) is 6.54 Å². The Morgan fingerprint density at radius 3 is 2.94 bits per heavy atom. The second-order valence-corrected chi connectivity index (χ2v) is 6.34. The Labute approximate surface area is 110 Å². The molecule has 0 spiro atoms. The summed E-state index contributed by atoms with van der Waals surface area (Å²) >= 11 is 5.52. The average molecular weight is 301 g/mol. The third kappa shape index (κ3) is 4.07. The van der Waals surface area contributed by atoms with E-state index >= 15 is 0 Å². The summed E-state index contributed by atoms with van der Waals surface area (Å²) in [6, 6.07) is 2.12. The molecule has 2 rings (SSSR count). The van der Waals surface area contributed by atoms with Gasteiger partial charge in [0, 0.05) is 23.4 Å². The van der Waals surface area contributed by atoms with Gasteiger partial charge in [0.25, 0.3) is 0 Å². The van der Waals surface area contributed by atoms with Crippen LogP contribution in [0.15, 0.2) is 22.9 Å². The predicted molar refractivity (Wildman–Crippen MR) is 73.7 cm³/mol. The SMILES string of the molecule is Brc1cncc(CNCC2CCSCC2)c1. The zero-order valence-corrected chi connectivity index (χ0v) is 11.7. The standard InChI is InChI=1S/C12H17BrN2S/c13-12-5-11(8-15-9-12)7-14-6-10-1-3-16-4-2-10/h5,8-10,14H,1-4,6-7H2. The lowest BCUT2D eigenvalue weighted by molar-refractivity contribution is 0.447. The minimum Gasteiger partial charge on any atom is -0.312 e. The smallest absolute Gasteiger partial charge is 0.0410 e. The molecule has 0 radical (unpaired) electrons. The van der Waals surface area contributed by atoms with Crippen LogP contribution in [0.2, 0.25) is 0 Å². The number of aromatic nitrogens is 1. The van der Waals surface area contributed by atoms with Crippen LogP contribution in [0, 0.1) is 5.92 Å². The summed E-state index contributed by atoms with van der Waals surface area (Å²) in [4.78, 5) is 4.16. The molecule has 88 valence electrons. The van der Waals surface area contributed by atoms with E-state index in [0.717, 1.165) is 23.5 Å². The molecule has 4 heteroatoms. The molecule has 1 saturated heterocycles. The maximum atomic E-state index is 4.16. The molecule has 0 atom stereocenters. The van der Waals surface area contributed by atoms with Gasteiger partial charge < -0.3 is 5.32 Å². The fourth-order valence-corrected chi connectivity index (χ4v) is 3.54. The van der Waals surface area contributed by atoms with Crippen LogP contribution in [0.3, 0.4) is 0 Å². The summed E-state index contributed by atoms with van der Waals surface area (Å²) in [6.07, 6.45) is 6.49. The van der Waals surface area contributed by atoms with E-state index in [1.807, 2.05) is 12.4 Å². The highest BCUT2D eigenvalue weighted by molar-refractivity contribution is 9.10. The predicted octanol–water partition coefficient (Wildman–Crippen LogP) is 3.08. The fourth-order valence-electron chi connectivity index (χ4n) is 1.92. The van der Waals surface area contributed by atoms with E-state index in [1.54, 1.807) is 0 Å². The van der Waals surface area contributed by atoms with Gasteiger partial charge in [-0.05, 0) is 64.4 Å². The van der Waals surface area contributed by atoms with Crippen LogP contribution < -0.4 is 5.32 Å². The number of nitrogens with one attached hydrogen (secondary N) is 1. The fraction of sp³-hybridized carbons (Fsp3) is 0.583. The van der Waals surface area contributed by atoms with Gasteiger partial charge in [-0.25, -0.2) is 0 Å². The van der Waals surface area contributed by atoms with Gasteiger partial charge in [0.05, 0.1) is 0 Å². The molecule has 1 fully saturated rings. The van der Waals surface area contributed by atoms with Crippen molar-refractivity contribution < 1.29 is 0 Å². The summed E-state index contributed by atoms with van der Waals surface area (Å²) in [6.45, 7) is 2.07. The Balaban J connectivity index is 1.71. The third-order valence-electron chi connectivity index (χ3n) is 2.86. The van der Waals surface area contributed by atoms with Crippen molar-refractivity contribution in [2.75, 3.05) is 18.1 Å². The molecular formula is C12H17BrN2S. The highest BCUT2D eigenvalue weighted by Gasteiger charge is 2.12. The molecule has 0 unspecified atom stereocenters. The summed E-state index contributed by atoms with van der Waals surface area (Å²) in [5.74, 6) is 3.55. The largest absolute Gasteiger partial charge is 0.312 e. The lowest BCUT2D eigenvalue weighted by Gasteiger charge is -2.21. The van der Waals surface area contributed by atoms with Crippen molar-refractivity contribution in [3.05, 3.63) is 28.5 Å². The monoisotopic (exact) mass is 300 g/mol. The van der Waals surface area contributed by atoms with E-state index in [4.69, 9.17) is 0 Å². The Morgan fingerprint density at radius 1 is 1.38 bits per heavy atom. The first kappa shape index (κ1) is 12.4. The number of hydrogen-bond acceptors (Lipinski definition) is 3. The van der Waals surface area contributed by atoms with E-state index in [0.29, 0.717) is 0 Å². The van der Waals surface area contributed by atoms with E-state index in [1.165, 1.54) is 29.9 Å². The topological polar surface area (TPSA) is 24.9 Å². The maximum absolute atomic E-state index is 4.16. The first-order valence-electron chi connectivity index (χ1n) is 5.72. The molecule has 0 saturated carbocycles. The van der Waals surface area contributed by atoms with Gasteiger partial charge in [0.1, 0.15) is 0 Å². The Bertz CT molecular complexity index is 327. The van der Waals surface area contributed by atoms with Crippen molar-refractivity contribution in [2.24, 2.45) is 5.92 Å². The van der Waals surface area contributed by atoms with E-state index in [-0.39, 0.29) is 0 Å². The van der Waals surface area contributed by atoms with Crippen molar-refractivity contribution >= 4 is 27.7 Å². The van der Waals surface area contributed by atoms with Crippen LogP contribution >= 0.6 is 27.7 Å². The van der Waals surface area contributed by atoms with Crippen LogP contribution in [0.25, 0.3) is 0 Å². The summed E-state index contributed by atoms with van der Waals surface area (Å²) in [7, 11) is 0. The third-order valence-corrected chi connectivity index (χ3v) is 4.35. The minimum atomic E-state index is 0.876. The first-order valence-corrected chi connectivity index (χ1v) is 7.67. The first-order chi connectivity index (χ1) is 7.84.